The molecule has 0 heterocycles. The Kier molecular flexibility index (Phi) is 26.8. The maximum Gasteiger partial charge on any atom is 0.397 e. The highest BCUT2D eigenvalue weighted by Gasteiger charge is 2.20. The fourth-order valence-electron chi connectivity index (χ4n) is 3.91. The summed E-state index contributed by atoms with van der Waals surface area (Å²) < 4.78 is 35.6. The molecule has 0 radical (unpaired) electrons. The van der Waals surface area contributed by atoms with Gasteiger partial charge in [-0.15, -0.1) is 0 Å². The van der Waals surface area contributed by atoms with E-state index in [1.165, 1.54) is 83.5 Å². The first-order valence-electron chi connectivity index (χ1n) is 13.9. The molecule has 0 saturated carbocycles. The average molecular weight is 543 g/mol. The van der Waals surface area contributed by atoms with Crippen LogP contribution in [0.3, 0.4) is 0 Å². The van der Waals surface area contributed by atoms with Crippen molar-refractivity contribution in [3.8, 4) is 0 Å². The summed E-state index contributed by atoms with van der Waals surface area (Å²) in [7, 11) is -1.32. The van der Waals surface area contributed by atoms with Crippen LogP contribution in [-0.2, 0) is 24.1 Å². The zero-order valence-corrected chi connectivity index (χ0v) is 24.1. The Bertz CT molecular complexity index is 580. The number of hydrogen-bond donors (Lipinski definition) is 3. The highest BCUT2D eigenvalue weighted by molar-refractivity contribution is 7.80. The summed E-state index contributed by atoms with van der Waals surface area (Å²) >= 11 is 0. The van der Waals surface area contributed by atoms with Crippen LogP contribution in [0.25, 0.3) is 0 Å². The molecule has 9 nitrogen and oxygen atoms in total. The largest absolute Gasteiger partial charge is 0.460 e. The van der Waals surface area contributed by atoms with Crippen molar-refractivity contribution >= 4 is 16.4 Å². The summed E-state index contributed by atoms with van der Waals surface area (Å²) in [4.78, 5) is 11.9. The first-order valence-corrected chi connectivity index (χ1v) is 15.2. The third kappa shape index (κ3) is 29.5. The van der Waals surface area contributed by atoms with Gasteiger partial charge in [0.05, 0.1) is 27.4 Å². The monoisotopic (exact) mass is 542 g/mol. The smallest absolute Gasteiger partial charge is 0.397 e. The SMILES string of the molecule is CCCCCCCCCCCCCCCCCC(=O)OCC[N+](C)(CCO)CCO.COS(=O)(=O)O. The molecule has 0 unspecified atom stereocenters. The van der Waals surface area contributed by atoms with Gasteiger partial charge in [0.15, 0.2) is 0 Å². The van der Waals surface area contributed by atoms with Crippen molar-refractivity contribution < 1.29 is 41.4 Å². The van der Waals surface area contributed by atoms with E-state index >= 15 is 0 Å². The van der Waals surface area contributed by atoms with Crippen molar-refractivity contribution in [2.45, 2.75) is 110 Å². The van der Waals surface area contributed by atoms with Crippen LogP contribution in [0, 0.1) is 0 Å². The van der Waals surface area contributed by atoms with E-state index in [1.807, 2.05) is 7.05 Å². The van der Waals surface area contributed by atoms with Gasteiger partial charge in [-0.05, 0) is 6.42 Å². The van der Waals surface area contributed by atoms with E-state index in [2.05, 4.69) is 11.1 Å². The second kappa shape index (κ2) is 25.9. The maximum atomic E-state index is 11.9. The van der Waals surface area contributed by atoms with Gasteiger partial charge in [-0.1, -0.05) is 96.8 Å². The highest BCUT2D eigenvalue weighted by atomic mass is 32.3. The van der Waals surface area contributed by atoms with Crippen LogP contribution < -0.4 is 0 Å². The first kappa shape index (κ1) is 37.4. The molecule has 0 aliphatic carbocycles. The number of carbonyl (C=O) groups is 1. The van der Waals surface area contributed by atoms with Crippen LogP contribution in [0.2, 0.25) is 0 Å². The van der Waals surface area contributed by atoms with E-state index in [9.17, 15) is 13.2 Å². The Hall–Kier alpha value is -0.780. The number of aliphatic hydroxyl groups is 2. The van der Waals surface area contributed by atoms with Crippen molar-refractivity contribution in [1.29, 1.82) is 0 Å². The Labute approximate surface area is 221 Å². The van der Waals surface area contributed by atoms with E-state index in [1.54, 1.807) is 0 Å². The number of unbranched alkanes of at least 4 members (excludes halogenated alkanes) is 14. The summed E-state index contributed by atoms with van der Waals surface area (Å²) in [6.45, 7) is 4.54. The van der Waals surface area contributed by atoms with Gasteiger partial charge in [0, 0.05) is 6.42 Å². The lowest BCUT2D eigenvalue weighted by Gasteiger charge is -2.33. The molecular formula is C26H56NO8S+. The van der Waals surface area contributed by atoms with Gasteiger partial charge in [0.2, 0.25) is 0 Å². The van der Waals surface area contributed by atoms with Gasteiger partial charge in [0.25, 0.3) is 0 Å². The number of quaternary nitrogens is 1. The van der Waals surface area contributed by atoms with Crippen LogP contribution in [-0.4, -0.2) is 87.2 Å². The minimum Gasteiger partial charge on any atom is -0.460 e. The second-order valence-electron chi connectivity index (χ2n) is 9.75. The third-order valence-electron chi connectivity index (χ3n) is 6.37. The predicted octanol–water partition coefficient (Wildman–Crippen LogP) is 4.66. The standard InChI is InChI=1S/C25H52NO4.CH4O4S/c1-3-4-5-6-7-8-9-10-11-12-13-14-15-16-17-18-25(29)30-24-21-26(2,19-22-27)20-23-28;1-5-6(2,3)4/h27-28H,3-24H2,1-2H3;1H3,(H,2,3,4)/q+1;. The van der Waals surface area contributed by atoms with Crippen molar-refractivity contribution in [3.05, 3.63) is 0 Å². The molecule has 0 fully saturated rings. The molecule has 0 aliphatic rings. The molecule has 0 amide bonds. The lowest BCUT2D eigenvalue weighted by atomic mass is 10.0. The zero-order chi connectivity index (χ0) is 27.5. The number of nitrogens with zero attached hydrogens (tertiary/aromatic N) is 1. The minimum atomic E-state index is -4.16. The molecule has 0 aromatic rings. The molecule has 0 aromatic heterocycles. The zero-order valence-electron chi connectivity index (χ0n) is 23.3. The fraction of sp³-hybridized carbons (Fsp3) is 0.962. The Morgan fingerprint density at radius 2 is 1.08 bits per heavy atom. The molecule has 0 rings (SSSR count). The minimum absolute atomic E-state index is 0.0730. The van der Waals surface area contributed by atoms with E-state index < -0.39 is 10.4 Å². The molecule has 36 heavy (non-hydrogen) atoms. The molecular weight excluding hydrogens is 486 g/mol. The fourth-order valence-corrected chi connectivity index (χ4v) is 3.91. The van der Waals surface area contributed by atoms with E-state index in [-0.39, 0.29) is 19.2 Å². The van der Waals surface area contributed by atoms with Crippen molar-refractivity contribution in [2.75, 3.05) is 53.6 Å². The molecule has 0 bridgehead atoms. The summed E-state index contributed by atoms with van der Waals surface area (Å²) in [5, 5.41) is 18.3. The van der Waals surface area contributed by atoms with Gasteiger partial charge >= 0.3 is 16.4 Å². The van der Waals surface area contributed by atoms with Gasteiger partial charge < -0.3 is 19.4 Å². The van der Waals surface area contributed by atoms with Gasteiger partial charge in [0.1, 0.15) is 26.2 Å². The van der Waals surface area contributed by atoms with Crippen LogP contribution >= 0.6 is 0 Å². The summed E-state index contributed by atoms with van der Waals surface area (Å²) in [6.07, 6.45) is 20.3. The summed E-state index contributed by atoms with van der Waals surface area (Å²) in [5.41, 5.74) is 0. The molecule has 0 spiro atoms. The quantitative estimate of drug-likeness (QED) is 0.0695. The number of carbonyl (C=O) groups excluding carboxylic acids is 1. The van der Waals surface area contributed by atoms with Crippen molar-refractivity contribution in [1.82, 2.24) is 0 Å². The van der Waals surface area contributed by atoms with Gasteiger partial charge in [-0.3, -0.25) is 13.5 Å². The van der Waals surface area contributed by atoms with E-state index in [0.29, 0.717) is 37.1 Å². The second-order valence-corrected chi connectivity index (χ2v) is 10.9. The molecule has 0 atom stereocenters. The van der Waals surface area contributed by atoms with Crippen LogP contribution in [0.4, 0.5) is 0 Å². The molecule has 218 valence electrons. The lowest BCUT2D eigenvalue weighted by molar-refractivity contribution is -0.910. The lowest BCUT2D eigenvalue weighted by Crippen LogP contribution is -2.50. The maximum absolute atomic E-state index is 11.9. The normalized spacial score (nSPS) is 11.7. The van der Waals surface area contributed by atoms with Gasteiger partial charge in [-0.25, -0.2) is 0 Å². The first-order chi connectivity index (χ1) is 17.1. The Morgan fingerprint density at radius 1 is 0.722 bits per heavy atom. The van der Waals surface area contributed by atoms with E-state index in [0.717, 1.165) is 20.0 Å². The van der Waals surface area contributed by atoms with Crippen molar-refractivity contribution in [2.24, 2.45) is 0 Å². The number of aliphatic hydroxyl groups excluding tert-OH is 2. The van der Waals surface area contributed by atoms with E-state index in [4.69, 9.17) is 19.5 Å². The molecule has 3 N–H and O–H groups in total. The molecule has 0 saturated heterocycles. The Balaban J connectivity index is 0. The highest BCUT2D eigenvalue weighted by Crippen LogP contribution is 2.14. The summed E-state index contributed by atoms with van der Waals surface area (Å²) in [5.74, 6) is -0.121. The van der Waals surface area contributed by atoms with Crippen LogP contribution in [0.15, 0.2) is 0 Å². The Morgan fingerprint density at radius 3 is 1.42 bits per heavy atom. The molecule has 0 aromatic carbocycles. The van der Waals surface area contributed by atoms with Crippen LogP contribution in [0.1, 0.15) is 110 Å². The number of rotatable bonds is 24. The van der Waals surface area contributed by atoms with Gasteiger partial charge in [-0.2, -0.15) is 8.42 Å². The van der Waals surface area contributed by atoms with Crippen molar-refractivity contribution in [3.63, 3.8) is 0 Å². The number of ether oxygens (including phenoxy) is 1. The number of esters is 1. The number of hydrogen-bond acceptors (Lipinski definition) is 7. The predicted molar refractivity (Wildman–Crippen MR) is 144 cm³/mol. The van der Waals surface area contributed by atoms with Crippen LogP contribution in [0.5, 0.6) is 0 Å². The summed E-state index contributed by atoms with van der Waals surface area (Å²) in [6, 6.07) is 0. The molecule has 0 aliphatic heterocycles. The average Bonchev–Trinajstić information content (AvgIpc) is 2.82. The third-order valence-corrected chi connectivity index (χ3v) is 6.79. The topological polar surface area (TPSA) is 130 Å². The number of likely N-dealkylation sites (N-methyl/N-ethyl adjacent to an activating group) is 1. The molecule has 10 heteroatoms.